The third kappa shape index (κ3) is 3.02. The number of thiophene rings is 1. The van der Waals surface area contributed by atoms with Crippen molar-refractivity contribution >= 4 is 17.2 Å². The Balaban J connectivity index is 1.64. The molecule has 1 fully saturated rings. The van der Waals surface area contributed by atoms with Crippen LogP contribution in [0, 0.1) is 6.92 Å². The highest BCUT2D eigenvalue weighted by Crippen LogP contribution is 2.31. The number of aromatic nitrogens is 1. The molecule has 1 amide bonds. The van der Waals surface area contributed by atoms with Gasteiger partial charge in [0.1, 0.15) is 0 Å². The predicted molar refractivity (Wildman–Crippen MR) is 97.7 cm³/mol. The summed E-state index contributed by atoms with van der Waals surface area (Å²) in [6.45, 7) is 2.79. The van der Waals surface area contributed by atoms with Gasteiger partial charge in [-0.05, 0) is 61.0 Å². The van der Waals surface area contributed by atoms with E-state index in [0.29, 0.717) is 12.6 Å². The lowest BCUT2D eigenvalue weighted by atomic mass is 10.1. The maximum absolute atomic E-state index is 13.1. The van der Waals surface area contributed by atoms with Crippen LogP contribution in [0.25, 0.3) is 5.69 Å². The van der Waals surface area contributed by atoms with Crippen LogP contribution in [0.2, 0.25) is 0 Å². The molecule has 1 aliphatic carbocycles. The zero-order valence-corrected chi connectivity index (χ0v) is 14.5. The van der Waals surface area contributed by atoms with E-state index in [1.165, 1.54) is 10.4 Å². The molecule has 0 atom stereocenters. The van der Waals surface area contributed by atoms with Crippen LogP contribution in [0.5, 0.6) is 0 Å². The number of carbonyl (C=O) groups is 1. The largest absolute Gasteiger partial charge is 0.331 e. The van der Waals surface area contributed by atoms with Crippen molar-refractivity contribution in [3.05, 3.63) is 76.2 Å². The minimum atomic E-state index is 0.138. The summed E-state index contributed by atoms with van der Waals surface area (Å²) in [5, 5.41) is 2.07. The van der Waals surface area contributed by atoms with Crippen molar-refractivity contribution in [2.24, 2.45) is 0 Å². The molecule has 1 aromatic carbocycles. The lowest BCUT2D eigenvalue weighted by Crippen LogP contribution is -2.32. The van der Waals surface area contributed by atoms with Gasteiger partial charge in [-0.3, -0.25) is 4.79 Å². The van der Waals surface area contributed by atoms with Crippen LogP contribution >= 0.6 is 11.3 Å². The molecule has 0 spiro atoms. The van der Waals surface area contributed by atoms with Gasteiger partial charge in [-0.1, -0.05) is 12.1 Å². The van der Waals surface area contributed by atoms with Gasteiger partial charge in [0.15, 0.2) is 0 Å². The van der Waals surface area contributed by atoms with Crippen molar-refractivity contribution in [3.8, 4) is 5.69 Å². The molecule has 0 aliphatic heterocycles. The molecule has 1 aliphatic rings. The molecule has 0 bridgehead atoms. The summed E-state index contributed by atoms with van der Waals surface area (Å²) in [7, 11) is 0. The van der Waals surface area contributed by atoms with Gasteiger partial charge in [0.25, 0.3) is 5.91 Å². The van der Waals surface area contributed by atoms with E-state index in [4.69, 9.17) is 0 Å². The molecule has 24 heavy (non-hydrogen) atoms. The monoisotopic (exact) mass is 336 g/mol. The van der Waals surface area contributed by atoms with E-state index in [2.05, 4.69) is 22.9 Å². The molecule has 2 heterocycles. The molecule has 3 nitrogen and oxygen atoms in total. The Labute approximate surface area is 146 Å². The Bertz CT molecular complexity index is 833. The average molecular weight is 336 g/mol. The molecular weight excluding hydrogens is 316 g/mol. The summed E-state index contributed by atoms with van der Waals surface area (Å²) in [5.74, 6) is 0.138. The Morgan fingerprint density at radius 1 is 1.21 bits per heavy atom. The lowest BCUT2D eigenvalue weighted by molar-refractivity contribution is 0.0731. The summed E-state index contributed by atoms with van der Waals surface area (Å²) in [6, 6.07) is 14.6. The lowest BCUT2D eigenvalue weighted by Gasteiger charge is -2.22. The van der Waals surface area contributed by atoms with Gasteiger partial charge in [0.2, 0.25) is 0 Å². The predicted octanol–water partition coefficient (Wildman–Crippen LogP) is 4.65. The normalized spacial score (nSPS) is 13.9. The fourth-order valence-corrected chi connectivity index (χ4v) is 3.71. The van der Waals surface area contributed by atoms with Gasteiger partial charge < -0.3 is 9.47 Å². The third-order valence-corrected chi connectivity index (χ3v) is 5.35. The Hall–Kier alpha value is -2.33. The fraction of sp³-hybridized carbons (Fsp3) is 0.250. The van der Waals surface area contributed by atoms with E-state index in [9.17, 15) is 4.79 Å². The van der Waals surface area contributed by atoms with Gasteiger partial charge in [0, 0.05) is 34.6 Å². The minimum absolute atomic E-state index is 0.138. The molecule has 0 N–H and O–H groups in total. The molecule has 2 aromatic heterocycles. The minimum Gasteiger partial charge on any atom is -0.331 e. The first kappa shape index (κ1) is 15.2. The van der Waals surface area contributed by atoms with Crippen molar-refractivity contribution < 1.29 is 4.79 Å². The van der Waals surface area contributed by atoms with Crippen LogP contribution < -0.4 is 0 Å². The van der Waals surface area contributed by atoms with Crippen LogP contribution in [0.15, 0.2) is 60.2 Å². The standard InChI is InChI=1S/C20H20N2OS/c1-15-6-7-16(13-19(15)21-10-2-3-11-21)20(23)22(17-8-9-17)14-18-5-4-12-24-18/h2-7,10-13,17H,8-9,14H2,1H3. The molecule has 0 unspecified atom stereocenters. The van der Waals surface area contributed by atoms with E-state index in [1.807, 2.05) is 53.7 Å². The number of benzene rings is 1. The van der Waals surface area contributed by atoms with E-state index < -0.39 is 0 Å². The van der Waals surface area contributed by atoms with Crippen molar-refractivity contribution in [1.29, 1.82) is 0 Å². The molecule has 122 valence electrons. The Morgan fingerprint density at radius 3 is 2.67 bits per heavy atom. The molecule has 1 saturated carbocycles. The van der Waals surface area contributed by atoms with Crippen LogP contribution in [-0.2, 0) is 6.54 Å². The quantitative estimate of drug-likeness (QED) is 0.665. The first-order valence-electron chi connectivity index (χ1n) is 8.30. The topological polar surface area (TPSA) is 25.2 Å². The Kier molecular flexibility index (Phi) is 3.98. The molecule has 4 heteroatoms. The third-order valence-electron chi connectivity index (χ3n) is 4.49. The number of carbonyl (C=O) groups excluding carboxylic acids is 1. The molecule has 0 saturated heterocycles. The summed E-state index contributed by atoms with van der Waals surface area (Å²) in [5.41, 5.74) is 3.00. The van der Waals surface area contributed by atoms with Gasteiger partial charge in [-0.15, -0.1) is 11.3 Å². The van der Waals surface area contributed by atoms with Crippen LogP contribution in [0.4, 0.5) is 0 Å². The summed E-state index contributed by atoms with van der Waals surface area (Å²) < 4.78 is 2.06. The smallest absolute Gasteiger partial charge is 0.254 e. The molecule has 0 radical (unpaired) electrons. The van der Waals surface area contributed by atoms with E-state index in [-0.39, 0.29) is 5.91 Å². The number of aryl methyl sites for hydroxylation is 1. The van der Waals surface area contributed by atoms with Crippen molar-refractivity contribution in [2.45, 2.75) is 32.4 Å². The zero-order chi connectivity index (χ0) is 16.5. The molecule has 4 rings (SSSR count). The second-order valence-electron chi connectivity index (χ2n) is 6.34. The highest BCUT2D eigenvalue weighted by molar-refractivity contribution is 7.09. The first-order valence-corrected chi connectivity index (χ1v) is 9.18. The summed E-state index contributed by atoms with van der Waals surface area (Å²) >= 11 is 1.71. The maximum Gasteiger partial charge on any atom is 0.254 e. The number of rotatable bonds is 5. The second kappa shape index (κ2) is 6.29. The van der Waals surface area contributed by atoms with Crippen molar-refractivity contribution in [2.75, 3.05) is 0 Å². The van der Waals surface area contributed by atoms with Gasteiger partial charge in [0.05, 0.1) is 6.54 Å². The van der Waals surface area contributed by atoms with Crippen molar-refractivity contribution in [1.82, 2.24) is 9.47 Å². The summed E-state index contributed by atoms with van der Waals surface area (Å²) in [4.78, 5) is 16.4. The number of hydrogen-bond donors (Lipinski definition) is 0. The first-order chi connectivity index (χ1) is 11.7. The van der Waals surface area contributed by atoms with Crippen LogP contribution in [0.3, 0.4) is 0 Å². The SMILES string of the molecule is Cc1ccc(C(=O)N(Cc2cccs2)C2CC2)cc1-n1cccc1. The van der Waals surface area contributed by atoms with Gasteiger partial charge in [-0.25, -0.2) is 0 Å². The van der Waals surface area contributed by atoms with E-state index in [1.54, 1.807) is 11.3 Å². The average Bonchev–Trinajstić information content (AvgIpc) is 3.07. The van der Waals surface area contributed by atoms with Crippen LogP contribution in [0.1, 0.15) is 33.6 Å². The summed E-state index contributed by atoms with van der Waals surface area (Å²) in [6.07, 6.45) is 6.27. The number of nitrogens with zero attached hydrogens (tertiary/aromatic N) is 2. The van der Waals surface area contributed by atoms with E-state index in [0.717, 1.165) is 24.1 Å². The van der Waals surface area contributed by atoms with Crippen LogP contribution in [-0.4, -0.2) is 21.4 Å². The Morgan fingerprint density at radius 2 is 2.00 bits per heavy atom. The fourth-order valence-electron chi connectivity index (χ4n) is 3.00. The second-order valence-corrected chi connectivity index (χ2v) is 7.37. The molecule has 3 aromatic rings. The number of amides is 1. The highest BCUT2D eigenvalue weighted by atomic mass is 32.1. The molecular formula is C20H20N2OS. The maximum atomic E-state index is 13.1. The zero-order valence-electron chi connectivity index (χ0n) is 13.7. The van der Waals surface area contributed by atoms with E-state index >= 15 is 0 Å². The highest BCUT2D eigenvalue weighted by Gasteiger charge is 2.33. The van der Waals surface area contributed by atoms with Gasteiger partial charge >= 0.3 is 0 Å². The van der Waals surface area contributed by atoms with Crippen molar-refractivity contribution in [3.63, 3.8) is 0 Å². The van der Waals surface area contributed by atoms with Gasteiger partial charge in [-0.2, -0.15) is 0 Å². The number of hydrogen-bond acceptors (Lipinski definition) is 2.